The third-order valence-electron chi connectivity index (χ3n) is 2.96. The highest BCUT2D eigenvalue weighted by molar-refractivity contribution is 6.04. The molecule has 0 atom stereocenters. The average Bonchev–Trinajstić information content (AvgIpc) is 2.47. The first kappa shape index (κ1) is 14.4. The average molecular weight is 284 g/mol. The van der Waals surface area contributed by atoms with Gasteiger partial charge in [0.1, 0.15) is 6.29 Å². The molecule has 0 saturated carbocycles. The largest absolute Gasteiger partial charge is 0.322 e. The van der Waals surface area contributed by atoms with Crippen LogP contribution in [0.3, 0.4) is 0 Å². The molecule has 6 nitrogen and oxygen atoms in total. The van der Waals surface area contributed by atoms with E-state index in [0.29, 0.717) is 28.7 Å². The highest BCUT2D eigenvalue weighted by Crippen LogP contribution is 2.19. The van der Waals surface area contributed by atoms with Gasteiger partial charge in [-0.25, -0.2) is 0 Å². The lowest BCUT2D eigenvalue weighted by Crippen LogP contribution is -2.12. The van der Waals surface area contributed by atoms with Gasteiger partial charge in [0.15, 0.2) is 0 Å². The molecule has 0 saturated heterocycles. The predicted octanol–water partition coefficient (Wildman–Crippen LogP) is 2.97. The van der Waals surface area contributed by atoms with Crippen LogP contribution in [-0.2, 0) is 0 Å². The van der Waals surface area contributed by atoms with Gasteiger partial charge in [-0.15, -0.1) is 0 Å². The van der Waals surface area contributed by atoms with Crippen molar-refractivity contribution in [3.8, 4) is 0 Å². The van der Waals surface area contributed by atoms with Crippen LogP contribution in [-0.4, -0.2) is 17.1 Å². The number of anilines is 1. The Morgan fingerprint density at radius 3 is 2.38 bits per heavy atom. The van der Waals surface area contributed by atoms with Crippen molar-refractivity contribution in [3.05, 3.63) is 69.3 Å². The van der Waals surface area contributed by atoms with E-state index in [9.17, 15) is 19.7 Å². The molecule has 0 spiro atoms. The van der Waals surface area contributed by atoms with E-state index < -0.39 is 4.92 Å². The van der Waals surface area contributed by atoms with Crippen molar-refractivity contribution in [3.63, 3.8) is 0 Å². The van der Waals surface area contributed by atoms with Crippen LogP contribution in [0.2, 0.25) is 0 Å². The lowest BCUT2D eigenvalue weighted by Gasteiger charge is -2.06. The Labute approximate surface area is 120 Å². The minimum atomic E-state index is -0.491. The van der Waals surface area contributed by atoms with Crippen LogP contribution < -0.4 is 5.32 Å². The summed E-state index contributed by atoms with van der Waals surface area (Å²) in [5, 5.41) is 13.4. The molecule has 0 fully saturated rings. The first-order valence-corrected chi connectivity index (χ1v) is 6.13. The zero-order valence-electron chi connectivity index (χ0n) is 11.2. The molecule has 6 heteroatoms. The minimum absolute atomic E-state index is 0.0260. The second-order valence-corrected chi connectivity index (χ2v) is 4.45. The molecule has 2 rings (SSSR count). The molecule has 0 unspecified atom stereocenters. The topological polar surface area (TPSA) is 89.3 Å². The number of nitro groups is 1. The number of nitrogens with zero attached hydrogens (tertiary/aromatic N) is 1. The number of nitro benzene ring substituents is 1. The second kappa shape index (κ2) is 5.96. The maximum atomic E-state index is 12.1. The van der Waals surface area contributed by atoms with Crippen molar-refractivity contribution in [1.82, 2.24) is 0 Å². The zero-order chi connectivity index (χ0) is 15.4. The van der Waals surface area contributed by atoms with Crippen molar-refractivity contribution in [1.29, 1.82) is 0 Å². The van der Waals surface area contributed by atoms with Crippen LogP contribution >= 0.6 is 0 Å². The Balaban J connectivity index is 2.18. The number of aryl methyl sites for hydroxylation is 1. The summed E-state index contributed by atoms with van der Waals surface area (Å²) < 4.78 is 0. The summed E-state index contributed by atoms with van der Waals surface area (Å²) in [6, 6.07) is 10.6. The molecule has 0 aliphatic rings. The minimum Gasteiger partial charge on any atom is -0.322 e. The van der Waals surface area contributed by atoms with E-state index >= 15 is 0 Å². The van der Waals surface area contributed by atoms with Gasteiger partial charge in [0.05, 0.1) is 4.92 Å². The first-order chi connectivity index (χ1) is 10.0. The van der Waals surface area contributed by atoms with Gasteiger partial charge in [-0.05, 0) is 43.3 Å². The maximum absolute atomic E-state index is 12.1. The number of aldehydes is 1. The second-order valence-electron chi connectivity index (χ2n) is 4.45. The fourth-order valence-corrected chi connectivity index (χ4v) is 1.85. The lowest BCUT2D eigenvalue weighted by molar-refractivity contribution is -0.385. The lowest BCUT2D eigenvalue weighted by atomic mass is 10.1. The molecule has 0 heterocycles. The van der Waals surface area contributed by atoms with Gasteiger partial charge >= 0.3 is 0 Å². The molecule has 21 heavy (non-hydrogen) atoms. The normalized spacial score (nSPS) is 9.95. The molecule has 0 radical (unpaired) electrons. The monoisotopic (exact) mass is 284 g/mol. The summed E-state index contributed by atoms with van der Waals surface area (Å²) in [6.07, 6.45) is 0.714. The summed E-state index contributed by atoms with van der Waals surface area (Å²) in [7, 11) is 0. The number of carbonyl (C=O) groups is 2. The van der Waals surface area contributed by atoms with Crippen LogP contribution in [0.4, 0.5) is 11.4 Å². The molecule has 0 aliphatic heterocycles. The molecule has 0 aliphatic carbocycles. The Kier molecular flexibility index (Phi) is 4.08. The fraction of sp³-hybridized carbons (Fsp3) is 0.0667. The Bertz CT molecular complexity index is 708. The molecule has 2 aromatic rings. The van der Waals surface area contributed by atoms with Crippen LogP contribution in [0.25, 0.3) is 0 Å². The molecule has 1 N–H and O–H groups in total. The van der Waals surface area contributed by atoms with E-state index in [4.69, 9.17) is 0 Å². The number of hydrogen-bond donors (Lipinski definition) is 1. The fourth-order valence-electron chi connectivity index (χ4n) is 1.85. The number of carbonyl (C=O) groups excluding carboxylic acids is 2. The third kappa shape index (κ3) is 3.30. The van der Waals surface area contributed by atoms with Gasteiger partial charge < -0.3 is 5.32 Å². The predicted molar refractivity (Wildman–Crippen MR) is 77.6 cm³/mol. The third-order valence-corrected chi connectivity index (χ3v) is 2.96. The summed E-state index contributed by atoms with van der Waals surface area (Å²) in [5.74, 6) is -0.369. The highest BCUT2D eigenvalue weighted by atomic mass is 16.6. The van der Waals surface area contributed by atoms with Crippen molar-refractivity contribution < 1.29 is 14.5 Å². The van der Waals surface area contributed by atoms with E-state index in [0.717, 1.165) is 0 Å². The van der Waals surface area contributed by atoms with E-state index in [2.05, 4.69) is 5.32 Å². The van der Waals surface area contributed by atoms with Gasteiger partial charge in [0, 0.05) is 28.4 Å². The van der Waals surface area contributed by atoms with Gasteiger partial charge in [-0.1, -0.05) is 0 Å². The SMILES string of the molecule is Cc1cc(C(=O)Nc2ccc(C=O)cc2)ccc1[N+](=O)[O-]. The number of amides is 1. The van der Waals surface area contributed by atoms with E-state index in [1.54, 1.807) is 31.2 Å². The van der Waals surface area contributed by atoms with Gasteiger partial charge in [0.2, 0.25) is 0 Å². The van der Waals surface area contributed by atoms with Crippen molar-refractivity contribution >= 4 is 23.6 Å². The summed E-state index contributed by atoms with van der Waals surface area (Å²) in [6.45, 7) is 1.58. The Hall–Kier alpha value is -3.02. The van der Waals surface area contributed by atoms with E-state index in [1.807, 2.05) is 0 Å². The van der Waals surface area contributed by atoms with Crippen LogP contribution in [0.5, 0.6) is 0 Å². The number of benzene rings is 2. The quantitative estimate of drug-likeness (QED) is 0.531. The number of nitrogens with one attached hydrogen (secondary N) is 1. The summed E-state index contributed by atoms with van der Waals surface area (Å²) >= 11 is 0. The van der Waals surface area contributed by atoms with Gasteiger partial charge in [-0.2, -0.15) is 0 Å². The molecule has 2 aromatic carbocycles. The van der Waals surface area contributed by atoms with Crippen molar-refractivity contribution in [2.75, 3.05) is 5.32 Å². The zero-order valence-corrected chi connectivity index (χ0v) is 11.2. The highest BCUT2D eigenvalue weighted by Gasteiger charge is 2.13. The van der Waals surface area contributed by atoms with E-state index in [1.165, 1.54) is 18.2 Å². The standard InChI is InChI=1S/C15H12N2O4/c1-10-8-12(4-7-14(10)17(20)21)15(19)16-13-5-2-11(9-18)3-6-13/h2-9H,1H3,(H,16,19). The molecule has 106 valence electrons. The molecular weight excluding hydrogens is 272 g/mol. The number of hydrogen-bond acceptors (Lipinski definition) is 4. The maximum Gasteiger partial charge on any atom is 0.272 e. The Morgan fingerprint density at radius 2 is 1.86 bits per heavy atom. The van der Waals surface area contributed by atoms with Gasteiger partial charge in [-0.3, -0.25) is 19.7 Å². The molecule has 0 bridgehead atoms. The smallest absolute Gasteiger partial charge is 0.272 e. The number of rotatable bonds is 4. The molecule has 1 amide bonds. The van der Waals surface area contributed by atoms with Crippen LogP contribution in [0.15, 0.2) is 42.5 Å². The molecule has 0 aromatic heterocycles. The summed E-state index contributed by atoms with van der Waals surface area (Å²) in [5.41, 5.74) is 1.78. The molecular formula is C15H12N2O4. The Morgan fingerprint density at radius 1 is 1.19 bits per heavy atom. The van der Waals surface area contributed by atoms with Crippen LogP contribution in [0.1, 0.15) is 26.3 Å². The van der Waals surface area contributed by atoms with Crippen LogP contribution in [0, 0.1) is 17.0 Å². The van der Waals surface area contributed by atoms with E-state index in [-0.39, 0.29) is 11.6 Å². The summed E-state index contributed by atoms with van der Waals surface area (Å²) in [4.78, 5) is 32.8. The van der Waals surface area contributed by atoms with Crippen molar-refractivity contribution in [2.24, 2.45) is 0 Å². The van der Waals surface area contributed by atoms with Gasteiger partial charge in [0.25, 0.3) is 11.6 Å². The first-order valence-electron chi connectivity index (χ1n) is 6.13. The van der Waals surface area contributed by atoms with Crippen molar-refractivity contribution in [2.45, 2.75) is 6.92 Å².